The molecule has 1 amide bonds. The maximum atomic E-state index is 14.8. The molecule has 0 aliphatic heterocycles. The van der Waals surface area contributed by atoms with Gasteiger partial charge in [-0.15, -0.1) is 0 Å². The molecule has 2 rings (SSSR count). The summed E-state index contributed by atoms with van der Waals surface area (Å²) in [5.41, 5.74) is 1.56. The fourth-order valence-electron chi connectivity index (χ4n) is 2.87. The topological polar surface area (TPSA) is 130 Å². The van der Waals surface area contributed by atoms with E-state index in [9.17, 15) is 36.5 Å². The van der Waals surface area contributed by atoms with Gasteiger partial charge in [0, 0.05) is 0 Å². The number of alkyl halides is 2. The summed E-state index contributed by atoms with van der Waals surface area (Å²) in [5.74, 6) is -2.29. The van der Waals surface area contributed by atoms with E-state index in [-0.39, 0.29) is 5.56 Å². The van der Waals surface area contributed by atoms with Crippen molar-refractivity contribution in [1.82, 2.24) is 0 Å². The van der Waals surface area contributed by atoms with E-state index in [2.05, 4.69) is 15.9 Å². The van der Waals surface area contributed by atoms with Crippen molar-refractivity contribution in [1.29, 1.82) is 0 Å². The summed E-state index contributed by atoms with van der Waals surface area (Å²) in [6.45, 7) is -2.77. The monoisotopic (exact) mass is 614 g/mol. The van der Waals surface area contributed by atoms with E-state index in [1.165, 1.54) is 31.2 Å². The molecule has 2 N–H and O–H groups in total. The van der Waals surface area contributed by atoms with Crippen LogP contribution in [0.1, 0.15) is 12.5 Å². The first-order valence-corrected chi connectivity index (χ1v) is 15.0. The Bertz CT molecular complexity index is 1170. The van der Waals surface area contributed by atoms with Crippen LogP contribution in [0.2, 0.25) is 0 Å². The van der Waals surface area contributed by atoms with Gasteiger partial charge >= 0.3 is 202 Å². The van der Waals surface area contributed by atoms with E-state index in [0.29, 0.717) is 4.47 Å². The number of para-hydroxylation sites is 1. The number of carbonyl (C=O) groups excluding carboxylic acids is 1. The van der Waals surface area contributed by atoms with Crippen LogP contribution < -0.4 is 5.73 Å². The number of nitro groups is 1. The molecule has 0 bridgehead atoms. The fraction of sp³-hybridized carbons (Fsp3) is 0.316. The molecule has 0 saturated carbocycles. The molecule has 0 fully saturated rings. The molecule has 14 heteroatoms. The first-order valence-electron chi connectivity index (χ1n) is 9.10. The maximum absolute atomic E-state index is 14.8. The Morgan fingerprint density at radius 2 is 1.85 bits per heavy atom. The Labute approximate surface area is 201 Å². The van der Waals surface area contributed by atoms with E-state index < -0.39 is 79.7 Å². The van der Waals surface area contributed by atoms with Crippen LogP contribution in [-0.4, -0.2) is 59.4 Å². The third kappa shape index (κ3) is 5.95. The molecule has 33 heavy (non-hydrogen) atoms. The van der Waals surface area contributed by atoms with Gasteiger partial charge in [0.25, 0.3) is 0 Å². The van der Waals surface area contributed by atoms with Crippen LogP contribution in [0.3, 0.4) is 0 Å². The number of ether oxygens (including phenoxy) is 1. The molecule has 0 saturated heterocycles. The Morgan fingerprint density at radius 3 is 2.39 bits per heavy atom. The zero-order valence-corrected chi connectivity index (χ0v) is 21.6. The molecule has 2 atom stereocenters. The number of hydrogen-bond donors (Lipinski definition) is 1. The van der Waals surface area contributed by atoms with Gasteiger partial charge in [-0.3, -0.25) is 0 Å². The van der Waals surface area contributed by atoms with Crippen molar-refractivity contribution in [3.63, 3.8) is 0 Å². The molecule has 0 aromatic heterocycles. The van der Waals surface area contributed by atoms with E-state index in [1.54, 1.807) is 0 Å². The second-order valence-electron chi connectivity index (χ2n) is 7.20. The van der Waals surface area contributed by atoms with Gasteiger partial charge in [-0.1, -0.05) is 0 Å². The minimum absolute atomic E-state index is 0.171. The number of hydrogen-bond acceptors (Lipinski definition) is 6. The van der Waals surface area contributed by atoms with Crippen LogP contribution in [-0.2, 0) is 21.8 Å². The van der Waals surface area contributed by atoms with Gasteiger partial charge in [-0.05, 0) is 0 Å². The second kappa shape index (κ2) is 10.5. The molecule has 2 aromatic carbocycles. The molecule has 8 nitrogen and oxygen atoms in total. The predicted octanol–water partition coefficient (Wildman–Crippen LogP) is 2.72. The number of rotatable bonds is 11. The second-order valence-corrected chi connectivity index (χ2v) is 16.8. The average molecular weight is 615 g/mol. The van der Waals surface area contributed by atoms with Crippen molar-refractivity contribution in [3.05, 3.63) is 68.4 Å². The van der Waals surface area contributed by atoms with Crippen LogP contribution in [0, 0.1) is 15.9 Å². The predicted molar refractivity (Wildman–Crippen MR) is 119 cm³/mol. The number of halogens is 4. The van der Waals surface area contributed by atoms with E-state index in [1.807, 2.05) is 0 Å². The van der Waals surface area contributed by atoms with Crippen molar-refractivity contribution in [3.8, 4) is 0 Å². The van der Waals surface area contributed by atoms with Crippen LogP contribution in [0.15, 0.2) is 51.8 Å². The zero-order chi connectivity index (χ0) is 25.0. The number of primary amides is 1. The number of nitrogens with two attached hydrogens (primary N) is 1. The normalized spacial score (nSPS) is 14.3. The molecule has 0 spiro atoms. The third-order valence-electron chi connectivity index (χ3n) is 4.75. The molecular weight excluding hydrogens is 596 g/mol. The summed E-state index contributed by atoms with van der Waals surface area (Å²) >= 11 is 0.674. The van der Waals surface area contributed by atoms with E-state index in [0.717, 1.165) is 18.2 Å². The first-order chi connectivity index (χ1) is 15.3. The Kier molecular flexibility index (Phi) is 8.72. The standard InChI is InChI=1S/C19H19AsBrF3N2O6S/c1-18(13-8-12(21)6-7-14(13)24,11-32-19(9-22,10-23)17(25)27)20-33(30,31)16-5-3-2-4-15(16)26(28)29/h2-8,20H,9-11H2,1H3,(H2,25,27). The van der Waals surface area contributed by atoms with Gasteiger partial charge < -0.3 is 0 Å². The van der Waals surface area contributed by atoms with Crippen molar-refractivity contribution in [2.75, 3.05) is 20.0 Å². The van der Waals surface area contributed by atoms with Crippen LogP contribution in [0.5, 0.6) is 0 Å². The fourth-order valence-corrected chi connectivity index (χ4v) is 11.9. The van der Waals surface area contributed by atoms with Gasteiger partial charge in [0.2, 0.25) is 0 Å². The van der Waals surface area contributed by atoms with Crippen molar-refractivity contribution in [2.45, 2.75) is 21.6 Å². The quantitative estimate of drug-likeness (QED) is 0.235. The van der Waals surface area contributed by atoms with Crippen molar-refractivity contribution < 1.29 is 36.0 Å². The molecule has 2 unspecified atom stereocenters. The molecule has 0 heterocycles. The summed E-state index contributed by atoms with van der Waals surface area (Å²) in [4.78, 5) is 21.5. The number of nitrogens with zero attached hydrogens (tertiary/aromatic N) is 1. The van der Waals surface area contributed by atoms with E-state index >= 15 is 0 Å². The number of nitro benzene ring substituents is 1. The number of benzene rings is 2. The molecule has 180 valence electrons. The summed E-state index contributed by atoms with van der Waals surface area (Å²) in [6.07, 6.45) is 0. The summed E-state index contributed by atoms with van der Waals surface area (Å²) in [7, 11) is -4.36. The molecular formula is C19H19AsBrF3N2O6S. The molecule has 0 radical (unpaired) electrons. The molecule has 0 aliphatic rings. The zero-order valence-electron chi connectivity index (χ0n) is 17.1. The first kappa shape index (κ1) is 27.3. The summed E-state index contributed by atoms with van der Waals surface area (Å²) < 4.78 is 72.2. The van der Waals surface area contributed by atoms with Gasteiger partial charge in [0.1, 0.15) is 0 Å². The Balaban J connectivity index is 2.62. The third-order valence-corrected chi connectivity index (χ3v) is 13.7. The van der Waals surface area contributed by atoms with E-state index in [4.69, 9.17) is 10.5 Å². The SMILES string of the molecule is CC(COC(CF)(CF)C(N)=O)([AsH]S(=O)(=O)c1ccccc1[N+](=O)[O-])c1cc(Br)ccc1F. The van der Waals surface area contributed by atoms with Crippen molar-refractivity contribution >= 4 is 50.2 Å². The average Bonchev–Trinajstić information content (AvgIpc) is 2.76. The van der Waals surface area contributed by atoms with Gasteiger partial charge in [0.05, 0.1) is 0 Å². The number of amides is 1. The van der Waals surface area contributed by atoms with Crippen LogP contribution in [0.4, 0.5) is 18.9 Å². The Hall–Kier alpha value is -1.95. The van der Waals surface area contributed by atoms with Crippen LogP contribution >= 0.6 is 15.9 Å². The van der Waals surface area contributed by atoms with Crippen molar-refractivity contribution in [2.24, 2.45) is 5.73 Å². The number of carbonyl (C=O) groups is 1. The molecule has 2 aromatic rings. The summed E-state index contributed by atoms with van der Waals surface area (Å²) in [6, 6.07) is 8.32. The minimum atomic E-state index is -4.36. The Morgan fingerprint density at radius 1 is 1.24 bits per heavy atom. The van der Waals surface area contributed by atoms with Gasteiger partial charge in [0.15, 0.2) is 0 Å². The van der Waals surface area contributed by atoms with Gasteiger partial charge in [-0.2, -0.15) is 0 Å². The van der Waals surface area contributed by atoms with Gasteiger partial charge in [-0.25, -0.2) is 0 Å². The van der Waals surface area contributed by atoms with Crippen LogP contribution in [0.25, 0.3) is 0 Å². The molecule has 0 aliphatic carbocycles. The summed E-state index contributed by atoms with van der Waals surface area (Å²) in [5, 5.41) is 11.3.